The van der Waals surface area contributed by atoms with Gasteiger partial charge >= 0.3 is 5.97 Å². The van der Waals surface area contributed by atoms with Crippen LogP contribution >= 0.6 is 0 Å². The van der Waals surface area contributed by atoms with E-state index in [0.29, 0.717) is 18.5 Å². The van der Waals surface area contributed by atoms with Crippen molar-refractivity contribution in [1.29, 1.82) is 0 Å². The van der Waals surface area contributed by atoms with E-state index in [1.807, 2.05) is 25.1 Å². The van der Waals surface area contributed by atoms with Crippen LogP contribution in [0, 0.1) is 12.8 Å². The molecule has 148 valence electrons. The molecule has 2 aromatic rings. The van der Waals surface area contributed by atoms with E-state index in [9.17, 15) is 14.4 Å². The number of ether oxygens (including phenoxy) is 1. The summed E-state index contributed by atoms with van der Waals surface area (Å²) in [4.78, 5) is 38.0. The monoisotopic (exact) mass is 384 g/mol. The zero-order valence-corrected chi connectivity index (χ0v) is 15.8. The Hall–Kier alpha value is -3.09. The first-order valence-corrected chi connectivity index (χ1v) is 9.30. The molecular formula is C21H24N2O5. The highest BCUT2D eigenvalue weighted by Crippen LogP contribution is 2.25. The standard InChI is InChI=1S/C21H24N2O5/c1-14-7-8-17(27-14)9-10-20(25)23-12-16(11-19(22)24)18(13-23)28-21(26)15-5-3-2-4-6-15/h2-8,16,18H,9-13H2,1H3,(H2,22,24)/t16-,18+/m0/s1. The molecule has 1 aliphatic rings. The van der Waals surface area contributed by atoms with Crippen LogP contribution in [0.15, 0.2) is 46.9 Å². The number of furan rings is 1. The second-order valence-electron chi connectivity index (χ2n) is 7.05. The minimum absolute atomic E-state index is 0.0634. The van der Waals surface area contributed by atoms with Crippen molar-refractivity contribution in [3.05, 3.63) is 59.5 Å². The van der Waals surface area contributed by atoms with Crippen molar-refractivity contribution in [3.63, 3.8) is 0 Å². The van der Waals surface area contributed by atoms with E-state index in [4.69, 9.17) is 14.9 Å². The van der Waals surface area contributed by atoms with Crippen LogP contribution in [0.25, 0.3) is 0 Å². The molecule has 0 aliphatic carbocycles. The molecule has 2 heterocycles. The third-order valence-corrected chi connectivity index (χ3v) is 4.85. The van der Waals surface area contributed by atoms with E-state index in [2.05, 4.69) is 0 Å². The van der Waals surface area contributed by atoms with Gasteiger partial charge in [0.15, 0.2) is 0 Å². The molecule has 0 unspecified atom stereocenters. The van der Waals surface area contributed by atoms with E-state index >= 15 is 0 Å². The summed E-state index contributed by atoms with van der Waals surface area (Å²) < 4.78 is 11.1. The number of nitrogens with two attached hydrogens (primary N) is 1. The van der Waals surface area contributed by atoms with Gasteiger partial charge in [-0.05, 0) is 31.2 Å². The number of carbonyl (C=O) groups excluding carboxylic acids is 3. The average molecular weight is 384 g/mol. The number of likely N-dealkylation sites (tertiary alicyclic amines) is 1. The highest BCUT2D eigenvalue weighted by atomic mass is 16.5. The molecule has 0 saturated carbocycles. The molecule has 1 aromatic carbocycles. The van der Waals surface area contributed by atoms with Crippen LogP contribution in [-0.2, 0) is 20.7 Å². The Morgan fingerprint density at radius 3 is 2.54 bits per heavy atom. The van der Waals surface area contributed by atoms with Gasteiger partial charge in [0.05, 0.1) is 12.1 Å². The fraction of sp³-hybridized carbons (Fsp3) is 0.381. The molecule has 1 aromatic heterocycles. The quantitative estimate of drug-likeness (QED) is 0.736. The van der Waals surface area contributed by atoms with Crippen LogP contribution < -0.4 is 5.73 Å². The molecule has 7 heteroatoms. The maximum Gasteiger partial charge on any atom is 0.338 e. The van der Waals surface area contributed by atoms with Gasteiger partial charge in [-0.2, -0.15) is 0 Å². The van der Waals surface area contributed by atoms with Crippen LogP contribution in [0.1, 0.15) is 34.7 Å². The largest absolute Gasteiger partial charge is 0.466 e. The van der Waals surface area contributed by atoms with Crippen molar-refractivity contribution < 1.29 is 23.5 Å². The topological polar surface area (TPSA) is 103 Å². The Morgan fingerprint density at radius 2 is 1.89 bits per heavy atom. The molecule has 1 fully saturated rings. The van der Waals surface area contributed by atoms with Crippen molar-refractivity contribution in [2.75, 3.05) is 13.1 Å². The number of benzene rings is 1. The van der Waals surface area contributed by atoms with Crippen LogP contribution in [0.5, 0.6) is 0 Å². The van der Waals surface area contributed by atoms with Crippen LogP contribution in [0.4, 0.5) is 0 Å². The predicted octanol–water partition coefficient (Wildman–Crippen LogP) is 2.08. The molecule has 3 rings (SSSR count). The number of amides is 2. The Balaban J connectivity index is 1.61. The number of primary amides is 1. The molecule has 0 spiro atoms. The van der Waals surface area contributed by atoms with Crippen LogP contribution in [0.3, 0.4) is 0 Å². The highest BCUT2D eigenvalue weighted by Gasteiger charge is 2.38. The maximum absolute atomic E-state index is 12.6. The molecule has 1 saturated heterocycles. The molecule has 0 radical (unpaired) electrons. The number of hydrogen-bond acceptors (Lipinski definition) is 5. The highest BCUT2D eigenvalue weighted by molar-refractivity contribution is 5.89. The number of nitrogens with zero attached hydrogens (tertiary/aromatic N) is 1. The normalized spacial score (nSPS) is 18.8. The van der Waals surface area contributed by atoms with Gasteiger partial charge in [0, 0.05) is 31.7 Å². The molecular weight excluding hydrogens is 360 g/mol. The third-order valence-electron chi connectivity index (χ3n) is 4.85. The Kier molecular flexibility index (Phi) is 6.13. The number of carbonyl (C=O) groups is 3. The van der Waals surface area contributed by atoms with Gasteiger partial charge in [0.2, 0.25) is 11.8 Å². The van der Waals surface area contributed by atoms with Gasteiger partial charge in [-0.1, -0.05) is 18.2 Å². The van der Waals surface area contributed by atoms with E-state index in [1.165, 1.54) is 0 Å². The first-order chi connectivity index (χ1) is 13.4. The van der Waals surface area contributed by atoms with Crippen LogP contribution in [-0.4, -0.2) is 41.9 Å². The SMILES string of the molecule is Cc1ccc(CCC(=O)N2C[C@H](CC(N)=O)[C@H](OC(=O)c3ccccc3)C2)o1. The Morgan fingerprint density at radius 1 is 1.14 bits per heavy atom. The molecule has 1 aliphatic heterocycles. The molecule has 2 amide bonds. The van der Waals surface area contributed by atoms with Gasteiger partial charge in [-0.15, -0.1) is 0 Å². The summed E-state index contributed by atoms with van der Waals surface area (Å²) in [6, 6.07) is 12.3. The fourth-order valence-electron chi connectivity index (χ4n) is 3.42. The lowest BCUT2D eigenvalue weighted by Crippen LogP contribution is -2.31. The van der Waals surface area contributed by atoms with Gasteiger partial charge in [-0.25, -0.2) is 4.79 Å². The van der Waals surface area contributed by atoms with Crippen molar-refractivity contribution in [1.82, 2.24) is 4.90 Å². The van der Waals surface area contributed by atoms with Crippen LogP contribution in [0.2, 0.25) is 0 Å². The maximum atomic E-state index is 12.6. The lowest BCUT2D eigenvalue weighted by molar-refractivity contribution is -0.130. The molecule has 2 N–H and O–H groups in total. The number of rotatable bonds is 7. The Bertz CT molecular complexity index is 845. The van der Waals surface area contributed by atoms with E-state index in [1.54, 1.807) is 29.2 Å². The lowest BCUT2D eigenvalue weighted by atomic mass is 10.0. The van der Waals surface area contributed by atoms with Gasteiger partial charge in [-0.3, -0.25) is 9.59 Å². The first-order valence-electron chi connectivity index (χ1n) is 9.30. The van der Waals surface area contributed by atoms with E-state index in [0.717, 1.165) is 11.5 Å². The summed E-state index contributed by atoms with van der Waals surface area (Å²) in [5.41, 5.74) is 5.77. The van der Waals surface area contributed by atoms with Crippen molar-refractivity contribution >= 4 is 17.8 Å². The predicted molar refractivity (Wildman–Crippen MR) is 101 cm³/mol. The molecule has 2 atom stereocenters. The summed E-state index contributed by atoms with van der Waals surface area (Å²) in [6.07, 6.45) is 0.289. The zero-order valence-electron chi connectivity index (χ0n) is 15.8. The molecule has 28 heavy (non-hydrogen) atoms. The average Bonchev–Trinajstić information content (AvgIpc) is 3.26. The number of hydrogen-bond donors (Lipinski definition) is 1. The Labute approximate surface area is 163 Å². The van der Waals surface area contributed by atoms with Crippen molar-refractivity contribution in [3.8, 4) is 0 Å². The number of esters is 1. The minimum Gasteiger partial charge on any atom is -0.466 e. The molecule has 7 nitrogen and oxygen atoms in total. The lowest BCUT2D eigenvalue weighted by Gasteiger charge is -2.17. The summed E-state index contributed by atoms with van der Waals surface area (Å²) >= 11 is 0. The minimum atomic E-state index is -0.560. The van der Waals surface area contributed by atoms with E-state index in [-0.39, 0.29) is 31.2 Å². The van der Waals surface area contributed by atoms with Gasteiger partial charge in [0.1, 0.15) is 17.6 Å². The van der Waals surface area contributed by atoms with Gasteiger partial charge < -0.3 is 19.8 Å². The third kappa shape index (κ3) is 5.00. The summed E-state index contributed by atoms with van der Waals surface area (Å²) in [5, 5.41) is 0. The van der Waals surface area contributed by atoms with Crippen molar-refractivity contribution in [2.45, 2.75) is 32.3 Å². The molecule has 0 bridgehead atoms. The van der Waals surface area contributed by atoms with Crippen molar-refractivity contribution in [2.24, 2.45) is 11.7 Å². The summed E-state index contributed by atoms with van der Waals surface area (Å²) in [6.45, 7) is 2.45. The summed E-state index contributed by atoms with van der Waals surface area (Å²) in [5.74, 6) is 0.233. The summed E-state index contributed by atoms with van der Waals surface area (Å²) in [7, 11) is 0. The smallest absolute Gasteiger partial charge is 0.338 e. The van der Waals surface area contributed by atoms with Gasteiger partial charge in [0.25, 0.3) is 0 Å². The second-order valence-corrected chi connectivity index (χ2v) is 7.05. The zero-order chi connectivity index (χ0) is 20.1. The number of aryl methyl sites for hydroxylation is 2. The first kappa shape index (κ1) is 19.7. The van der Waals surface area contributed by atoms with E-state index < -0.39 is 18.0 Å². The fourth-order valence-corrected chi connectivity index (χ4v) is 3.42. The second kappa shape index (κ2) is 8.73.